The SMILES string of the molecule is Cc1c(O[C@@H](C)C(=O)NCCCN(C)C)ccc2c1oc(=O)c1ccccc12. The largest absolute Gasteiger partial charge is 0.480 e. The van der Waals surface area contributed by atoms with Crippen LogP contribution in [0.1, 0.15) is 18.9 Å². The third-order valence-electron chi connectivity index (χ3n) is 4.74. The summed E-state index contributed by atoms with van der Waals surface area (Å²) in [6.07, 6.45) is 0.223. The molecule has 3 aromatic rings. The zero-order valence-corrected chi connectivity index (χ0v) is 16.7. The number of fused-ring (bicyclic) bond motifs is 3. The zero-order valence-electron chi connectivity index (χ0n) is 16.7. The van der Waals surface area contributed by atoms with E-state index in [4.69, 9.17) is 9.15 Å². The molecule has 0 fully saturated rings. The zero-order chi connectivity index (χ0) is 20.3. The molecule has 28 heavy (non-hydrogen) atoms. The Morgan fingerprint density at radius 3 is 2.57 bits per heavy atom. The molecule has 0 saturated carbocycles. The molecule has 0 spiro atoms. The van der Waals surface area contributed by atoms with Gasteiger partial charge >= 0.3 is 5.63 Å². The van der Waals surface area contributed by atoms with Crippen molar-refractivity contribution < 1.29 is 13.9 Å². The van der Waals surface area contributed by atoms with Crippen LogP contribution in [0.25, 0.3) is 21.7 Å². The van der Waals surface area contributed by atoms with Gasteiger partial charge < -0.3 is 19.4 Å². The van der Waals surface area contributed by atoms with E-state index in [0.29, 0.717) is 28.8 Å². The summed E-state index contributed by atoms with van der Waals surface area (Å²) in [5, 5.41) is 5.12. The second-order valence-electron chi connectivity index (χ2n) is 7.21. The molecule has 1 atom stereocenters. The number of ether oxygens (including phenoxy) is 1. The third-order valence-corrected chi connectivity index (χ3v) is 4.74. The number of carbonyl (C=O) groups is 1. The Kier molecular flexibility index (Phi) is 5.99. The predicted molar refractivity (Wildman–Crippen MR) is 111 cm³/mol. The summed E-state index contributed by atoms with van der Waals surface area (Å²) in [5.74, 6) is 0.361. The Hall–Kier alpha value is -2.86. The molecule has 148 valence electrons. The number of nitrogens with one attached hydrogen (secondary N) is 1. The molecule has 2 aromatic carbocycles. The van der Waals surface area contributed by atoms with Crippen molar-refractivity contribution in [1.82, 2.24) is 10.2 Å². The van der Waals surface area contributed by atoms with E-state index in [1.165, 1.54) is 0 Å². The molecule has 1 amide bonds. The molecule has 6 nitrogen and oxygen atoms in total. The van der Waals surface area contributed by atoms with E-state index >= 15 is 0 Å². The number of benzene rings is 2. The Labute approximate surface area is 164 Å². The first-order chi connectivity index (χ1) is 13.4. The molecule has 1 heterocycles. The third kappa shape index (κ3) is 4.17. The topological polar surface area (TPSA) is 71.8 Å². The van der Waals surface area contributed by atoms with Crippen LogP contribution in [-0.2, 0) is 4.79 Å². The van der Waals surface area contributed by atoms with Crippen molar-refractivity contribution in [2.75, 3.05) is 27.2 Å². The molecule has 0 unspecified atom stereocenters. The Balaban J connectivity index is 1.80. The minimum Gasteiger partial charge on any atom is -0.480 e. The van der Waals surface area contributed by atoms with Crippen molar-refractivity contribution >= 4 is 27.6 Å². The first kappa shape index (κ1) is 19.9. The monoisotopic (exact) mass is 382 g/mol. The molecule has 0 saturated heterocycles. The summed E-state index contributed by atoms with van der Waals surface area (Å²) >= 11 is 0. The van der Waals surface area contributed by atoms with Crippen LogP contribution in [0.5, 0.6) is 5.75 Å². The Morgan fingerprint density at radius 1 is 1.14 bits per heavy atom. The van der Waals surface area contributed by atoms with Crippen molar-refractivity contribution in [3.63, 3.8) is 0 Å². The van der Waals surface area contributed by atoms with Gasteiger partial charge in [0.1, 0.15) is 11.3 Å². The van der Waals surface area contributed by atoms with Crippen LogP contribution in [0.2, 0.25) is 0 Å². The lowest BCUT2D eigenvalue weighted by molar-refractivity contribution is -0.127. The highest BCUT2D eigenvalue weighted by Crippen LogP contribution is 2.31. The summed E-state index contributed by atoms with van der Waals surface area (Å²) in [4.78, 5) is 26.7. The van der Waals surface area contributed by atoms with Crippen LogP contribution >= 0.6 is 0 Å². The number of hydrogen-bond donors (Lipinski definition) is 1. The van der Waals surface area contributed by atoms with Gasteiger partial charge in [-0.3, -0.25) is 4.79 Å². The highest BCUT2D eigenvalue weighted by Gasteiger charge is 2.18. The average Bonchev–Trinajstić information content (AvgIpc) is 2.67. The fourth-order valence-electron chi connectivity index (χ4n) is 3.18. The van der Waals surface area contributed by atoms with E-state index in [1.54, 1.807) is 13.0 Å². The average molecular weight is 382 g/mol. The molecule has 0 aliphatic carbocycles. The number of aryl methyl sites for hydroxylation is 1. The second-order valence-corrected chi connectivity index (χ2v) is 7.21. The number of amides is 1. The first-order valence-electron chi connectivity index (χ1n) is 9.42. The van der Waals surface area contributed by atoms with Crippen molar-refractivity contribution in [3.8, 4) is 5.75 Å². The van der Waals surface area contributed by atoms with Crippen LogP contribution in [-0.4, -0.2) is 44.1 Å². The molecule has 6 heteroatoms. The normalized spacial score (nSPS) is 12.5. The van der Waals surface area contributed by atoms with Crippen molar-refractivity contribution in [1.29, 1.82) is 0 Å². The molecule has 1 aromatic heterocycles. The summed E-state index contributed by atoms with van der Waals surface area (Å²) < 4.78 is 11.4. The Morgan fingerprint density at radius 2 is 1.86 bits per heavy atom. The van der Waals surface area contributed by atoms with E-state index in [0.717, 1.165) is 23.7 Å². The fourth-order valence-corrected chi connectivity index (χ4v) is 3.18. The highest BCUT2D eigenvalue weighted by atomic mass is 16.5. The maximum Gasteiger partial charge on any atom is 0.344 e. The van der Waals surface area contributed by atoms with Crippen LogP contribution in [0.4, 0.5) is 0 Å². The quantitative estimate of drug-likeness (QED) is 0.386. The molecular formula is C22H26N2O4. The summed E-state index contributed by atoms with van der Waals surface area (Å²) in [6.45, 7) is 5.05. The van der Waals surface area contributed by atoms with Gasteiger partial charge in [0.15, 0.2) is 6.10 Å². The number of rotatable bonds is 7. The summed E-state index contributed by atoms with van der Waals surface area (Å²) in [6, 6.07) is 11.0. The van der Waals surface area contributed by atoms with Crippen LogP contribution in [0.3, 0.4) is 0 Å². The second kappa shape index (κ2) is 8.44. The van der Waals surface area contributed by atoms with Gasteiger partial charge in [0.2, 0.25) is 0 Å². The van der Waals surface area contributed by atoms with Gasteiger partial charge in [-0.25, -0.2) is 4.79 Å². The maximum atomic E-state index is 12.3. The first-order valence-corrected chi connectivity index (χ1v) is 9.42. The Bertz CT molecular complexity index is 1060. The number of hydrogen-bond acceptors (Lipinski definition) is 5. The van der Waals surface area contributed by atoms with Crippen molar-refractivity contribution in [2.24, 2.45) is 0 Å². The lowest BCUT2D eigenvalue weighted by Crippen LogP contribution is -2.37. The number of nitrogens with zero attached hydrogens (tertiary/aromatic N) is 1. The molecule has 0 bridgehead atoms. The highest BCUT2D eigenvalue weighted by molar-refractivity contribution is 6.05. The molecule has 0 aliphatic rings. The van der Waals surface area contributed by atoms with Crippen molar-refractivity contribution in [3.05, 3.63) is 52.4 Å². The van der Waals surface area contributed by atoms with Crippen LogP contribution in [0, 0.1) is 6.92 Å². The van der Waals surface area contributed by atoms with Gasteiger partial charge in [0.25, 0.3) is 5.91 Å². The van der Waals surface area contributed by atoms with Crippen LogP contribution < -0.4 is 15.7 Å². The van der Waals surface area contributed by atoms with E-state index in [1.807, 2.05) is 51.4 Å². The molecule has 1 N–H and O–H groups in total. The van der Waals surface area contributed by atoms with Gasteiger partial charge in [0.05, 0.1) is 5.39 Å². The van der Waals surface area contributed by atoms with Gasteiger partial charge in [-0.1, -0.05) is 18.2 Å². The summed E-state index contributed by atoms with van der Waals surface area (Å²) in [7, 11) is 4.00. The van der Waals surface area contributed by atoms with Gasteiger partial charge in [0, 0.05) is 17.5 Å². The summed E-state index contributed by atoms with van der Waals surface area (Å²) in [5.41, 5.74) is 0.808. The lowest BCUT2D eigenvalue weighted by Gasteiger charge is -2.17. The van der Waals surface area contributed by atoms with E-state index in [9.17, 15) is 9.59 Å². The minimum atomic E-state index is -0.650. The van der Waals surface area contributed by atoms with E-state index in [2.05, 4.69) is 10.2 Å². The molecule has 0 radical (unpaired) electrons. The minimum absolute atomic E-state index is 0.168. The standard InChI is InChI=1S/C22H26N2O4/c1-14-19(27-15(2)21(25)23-12-7-13-24(3)4)11-10-17-16-8-5-6-9-18(16)22(26)28-20(14)17/h5-6,8-11,15H,7,12-13H2,1-4H3,(H,23,25)/t15-/m0/s1. The van der Waals surface area contributed by atoms with E-state index < -0.39 is 6.10 Å². The van der Waals surface area contributed by atoms with E-state index in [-0.39, 0.29) is 11.5 Å². The lowest BCUT2D eigenvalue weighted by atomic mass is 10.0. The van der Waals surface area contributed by atoms with Gasteiger partial charge in [-0.2, -0.15) is 0 Å². The maximum absolute atomic E-state index is 12.3. The molecule has 0 aliphatic heterocycles. The number of carbonyl (C=O) groups excluding carboxylic acids is 1. The van der Waals surface area contributed by atoms with Gasteiger partial charge in [-0.15, -0.1) is 0 Å². The van der Waals surface area contributed by atoms with Gasteiger partial charge in [-0.05, 0) is 64.5 Å². The van der Waals surface area contributed by atoms with Crippen molar-refractivity contribution in [2.45, 2.75) is 26.4 Å². The molecular weight excluding hydrogens is 356 g/mol. The predicted octanol–water partition coefficient (Wildman–Crippen LogP) is 3.09. The molecule has 3 rings (SSSR count). The smallest absolute Gasteiger partial charge is 0.344 e. The fraction of sp³-hybridized carbons (Fsp3) is 0.364. The van der Waals surface area contributed by atoms with Crippen LogP contribution in [0.15, 0.2) is 45.6 Å².